The highest BCUT2D eigenvalue weighted by molar-refractivity contribution is 8.01. The fourth-order valence-corrected chi connectivity index (χ4v) is 4.97. The van der Waals surface area contributed by atoms with Gasteiger partial charge in [0.2, 0.25) is 0 Å². The molecule has 3 heterocycles. The van der Waals surface area contributed by atoms with Gasteiger partial charge in [0.25, 0.3) is 11.8 Å². The Morgan fingerprint density at radius 2 is 2.00 bits per heavy atom. The molecule has 0 radical (unpaired) electrons. The summed E-state index contributed by atoms with van der Waals surface area (Å²) in [6.07, 6.45) is 1.93. The molecule has 0 bridgehead atoms. The zero-order valence-electron chi connectivity index (χ0n) is 19.2. The minimum absolute atomic E-state index is 0.144. The molecule has 4 N–H and O–H groups in total. The number of hydrogen-bond acceptors (Lipinski definition) is 10. The van der Waals surface area contributed by atoms with Crippen molar-refractivity contribution >= 4 is 53.2 Å². The number of nitrogens with zero attached hydrogens (tertiary/aromatic N) is 1. The maximum absolute atomic E-state index is 12.8. The number of amides is 4. The van der Waals surface area contributed by atoms with E-state index < -0.39 is 34.4 Å². The first-order chi connectivity index (χ1) is 16.1. The summed E-state index contributed by atoms with van der Waals surface area (Å²) in [7, 11) is 0. The maximum atomic E-state index is 12.8. The van der Waals surface area contributed by atoms with Crippen LogP contribution in [-0.2, 0) is 25.6 Å². The molecule has 2 aliphatic heterocycles. The summed E-state index contributed by atoms with van der Waals surface area (Å²) in [5, 5.41) is 10.2. The van der Waals surface area contributed by atoms with Crippen LogP contribution in [0.2, 0.25) is 0 Å². The molecule has 1 aromatic rings. The van der Waals surface area contributed by atoms with Crippen LogP contribution in [0.4, 0.5) is 15.3 Å². The summed E-state index contributed by atoms with van der Waals surface area (Å²) in [6, 6.07) is 1.81. The Morgan fingerprint density at radius 1 is 1.24 bits per heavy atom. The fraction of sp³-hybridized carbons (Fsp3) is 0.476. The van der Waals surface area contributed by atoms with Gasteiger partial charge in [-0.2, -0.15) is 0 Å². The normalized spacial score (nSPS) is 18.8. The van der Waals surface area contributed by atoms with E-state index in [2.05, 4.69) is 26.3 Å². The highest BCUT2D eigenvalue weighted by Crippen LogP contribution is 2.37. The Morgan fingerprint density at radius 3 is 2.71 bits per heavy atom. The molecular weight excluding hydrogens is 482 g/mol. The number of hydrogen-bond donors (Lipinski definition) is 4. The number of imide groups is 1. The van der Waals surface area contributed by atoms with Crippen LogP contribution in [0.15, 0.2) is 28.9 Å². The van der Waals surface area contributed by atoms with Crippen molar-refractivity contribution in [3.05, 3.63) is 29.5 Å². The number of nitrogens with one attached hydrogen (secondary N) is 4. The van der Waals surface area contributed by atoms with E-state index in [1.165, 1.54) is 23.5 Å². The lowest BCUT2D eigenvalue weighted by Gasteiger charge is -2.19. The Bertz CT molecular complexity index is 1010. The molecule has 0 saturated heterocycles. The van der Waals surface area contributed by atoms with E-state index in [0.717, 1.165) is 5.56 Å². The first-order valence-electron chi connectivity index (χ1n) is 10.5. The molecule has 0 aliphatic carbocycles. The van der Waals surface area contributed by atoms with Crippen molar-refractivity contribution in [2.45, 2.75) is 55.6 Å². The van der Waals surface area contributed by atoms with E-state index in [9.17, 15) is 19.2 Å². The Hall–Kier alpha value is -2.93. The predicted molar refractivity (Wildman–Crippen MR) is 128 cm³/mol. The van der Waals surface area contributed by atoms with Crippen molar-refractivity contribution < 1.29 is 28.7 Å². The zero-order chi connectivity index (χ0) is 24.9. The van der Waals surface area contributed by atoms with Gasteiger partial charge in [-0.05, 0) is 39.3 Å². The fourth-order valence-electron chi connectivity index (χ4n) is 2.98. The second kappa shape index (κ2) is 11.0. The second-order valence-electron chi connectivity index (χ2n) is 8.25. The van der Waals surface area contributed by atoms with Crippen molar-refractivity contribution in [2.24, 2.45) is 0 Å². The van der Waals surface area contributed by atoms with Gasteiger partial charge in [-0.1, -0.05) is 17.8 Å². The highest BCUT2D eigenvalue weighted by atomic mass is 32.2. The summed E-state index contributed by atoms with van der Waals surface area (Å²) in [5.74, 6) is -0.407. The van der Waals surface area contributed by atoms with Crippen LogP contribution >= 0.6 is 23.5 Å². The predicted octanol–water partition coefficient (Wildman–Crippen LogP) is 2.34. The first kappa shape index (κ1) is 25.7. The zero-order valence-corrected chi connectivity index (χ0v) is 20.9. The Kier molecular flexibility index (Phi) is 8.31. The average Bonchev–Trinajstić information content (AvgIpc) is 3.37. The van der Waals surface area contributed by atoms with Crippen LogP contribution in [0.3, 0.4) is 0 Å². The maximum Gasteiger partial charge on any atom is 0.414 e. The largest absolute Gasteiger partial charge is 0.450 e. The van der Waals surface area contributed by atoms with Crippen molar-refractivity contribution in [1.82, 2.24) is 20.9 Å². The number of pyridine rings is 1. The molecule has 2 atom stereocenters. The number of aromatic nitrogens is 1. The third-order valence-electron chi connectivity index (χ3n) is 4.37. The van der Waals surface area contributed by atoms with Gasteiger partial charge in [0.15, 0.2) is 5.37 Å². The first-order valence-corrected chi connectivity index (χ1v) is 12.5. The van der Waals surface area contributed by atoms with Gasteiger partial charge in [0.05, 0.1) is 12.3 Å². The minimum atomic E-state index is -0.832. The average molecular weight is 510 g/mol. The number of carbonyl (C=O) groups excluding carboxylic acids is 4. The number of fused-ring (bicyclic) bond motifs is 1. The summed E-state index contributed by atoms with van der Waals surface area (Å²) in [6.45, 7) is 7.35. The molecule has 2 unspecified atom stereocenters. The van der Waals surface area contributed by atoms with Gasteiger partial charge >= 0.3 is 12.2 Å². The summed E-state index contributed by atoms with van der Waals surface area (Å²) in [5.41, 5.74) is 1.11. The van der Waals surface area contributed by atoms with E-state index in [0.29, 0.717) is 22.0 Å². The van der Waals surface area contributed by atoms with Crippen molar-refractivity contribution in [3.8, 4) is 0 Å². The SMILES string of the molecule is CCOC(=O)NC(=O)C1=CCSC1NC(=O)C1Nc2cc(CNC(=O)OC(C)(C)C)cnc2S1. The molecule has 2 aliphatic rings. The molecule has 4 amide bonds. The Balaban J connectivity index is 1.53. The number of alkyl carbamates (subject to hydrolysis) is 2. The standard InChI is InChI=1S/C21H27N5O6S2/c1-5-31-20(30)26-14(27)12-6-7-33-16(12)25-15(28)18-24-13-8-11(9-22-17(13)34-18)10-23-19(29)32-21(2,3)4/h6,8-9,16,18,24H,5,7,10H2,1-4H3,(H,23,29)(H,25,28)(H,26,27,30). The molecule has 0 fully saturated rings. The summed E-state index contributed by atoms with van der Waals surface area (Å²) in [4.78, 5) is 52.9. The van der Waals surface area contributed by atoms with E-state index in [4.69, 9.17) is 9.47 Å². The molecule has 0 aromatic carbocycles. The number of carbonyl (C=O) groups is 4. The topological polar surface area (TPSA) is 148 Å². The summed E-state index contributed by atoms with van der Waals surface area (Å²) < 4.78 is 9.94. The van der Waals surface area contributed by atoms with Crippen LogP contribution < -0.4 is 21.3 Å². The molecule has 3 rings (SSSR count). The second-order valence-corrected chi connectivity index (χ2v) is 10.5. The van der Waals surface area contributed by atoms with E-state index in [1.807, 2.05) is 6.07 Å². The quantitative estimate of drug-likeness (QED) is 0.450. The lowest BCUT2D eigenvalue weighted by Crippen LogP contribution is -2.44. The molecule has 0 saturated carbocycles. The van der Waals surface area contributed by atoms with Crippen LogP contribution in [0.1, 0.15) is 33.3 Å². The van der Waals surface area contributed by atoms with Crippen molar-refractivity contribution in [2.75, 3.05) is 17.7 Å². The lowest BCUT2D eigenvalue weighted by atomic mass is 10.2. The van der Waals surface area contributed by atoms with E-state index >= 15 is 0 Å². The highest BCUT2D eigenvalue weighted by Gasteiger charge is 2.34. The van der Waals surface area contributed by atoms with Gasteiger partial charge < -0.3 is 25.4 Å². The number of ether oxygens (including phenoxy) is 2. The molecular formula is C21H27N5O6S2. The van der Waals surface area contributed by atoms with Gasteiger partial charge in [0, 0.05) is 24.1 Å². The van der Waals surface area contributed by atoms with Crippen LogP contribution in [0.25, 0.3) is 0 Å². The molecule has 1 aromatic heterocycles. The molecule has 184 valence electrons. The van der Waals surface area contributed by atoms with Crippen LogP contribution in [0.5, 0.6) is 0 Å². The third-order valence-corrected chi connectivity index (χ3v) is 6.55. The molecule has 11 nitrogen and oxygen atoms in total. The van der Waals surface area contributed by atoms with E-state index in [1.54, 1.807) is 40.0 Å². The molecule has 0 spiro atoms. The smallest absolute Gasteiger partial charge is 0.414 e. The monoisotopic (exact) mass is 509 g/mol. The lowest BCUT2D eigenvalue weighted by molar-refractivity contribution is -0.120. The van der Waals surface area contributed by atoms with Crippen molar-refractivity contribution in [3.63, 3.8) is 0 Å². The number of rotatable bonds is 6. The van der Waals surface area contributed by atoms with Crippen LogP contribution in [0, 0.1) is 0 Å². The minimum Gasteiger partial charge on any atom is -0.450 e. The summed E-state index contributed by atoms with van der Waals surface area (Å²) >= 11 is 2.61. The van der Waals surface area contributed by atoms with E-state index in [-0.39, 0.29) is 19.1 Å². The number of anilines is 1. The van der Waals surface area contributed by atoms with Gasteiger partial charge in [-0.15, -0.1) is 11.8 Å². The Labute approximate surface area is 205 Å². The van der Waals surface area contributed by atoms with Gasteiger partial charge in [-0.25, -0.2) is 14.6 Å². The molecule has 34 heavy (non-hydrogen) atoms. The third kappa shape index (κ3) is 7.03. The van der Waals surface area contributed by atoms with Crippen molar-refractivity contribution in [1.29, 1.82) is 0 Å². The molecule has 13 heteroatoms. The van der Waals surface area contributed by atoms with Crippen LogP contribution in [-0.4, -0.2) is 57.7 Å². The van der Waals surface area contributed by atoms with Gasteiger partial charge in [-0.3, -0.25) is 14.9 Å². The van der Waals surface area contributed by atoms with Gasteiger partial charge in [0.1, 0.15) is 16.0 Å². The number of thioether (sulfide) groups is 2.